The van der Waals surface area contributed by atoms with Gasteiger partial charge in [0.15, 0.2) is 0 Å². The summed E-state index contributed by atoms with van der Waals surface area (Å²) in [6.07, 6.45) is 0. The van der Waals surface area contributed by atoms with Gasteiger partial charge in [-0.15, -0.1) is 0 Å². The van der Waals surface area contributed by atoms with Gasteiger partial charge in [-0.25, -0.2) is 0 Å². The van der Waals surface area contributed by atoms with E-state index in [1.54, 1.807) is 0 Å². The summed E-state index contributed by atoms with van der Waals surface area (Å²) in [5.41, 5.74) is 2.86. The van der Waals surface area contributed by atoms with Crippen molar-refractivity contribution < 1.29 is 0 Å². The molecule has 0 atom stereocenters. The minimum absolute atomic E-state index is 0.461. The molecule has 4 aromatic rings. The van der Waals surface area contributed by atoms with E-state index < -0.39 is 18.8 Å². The van der Waals surface area contributed by atoms with Crippen molar-refractivity contribution in [1.29, 1.82) is 0 Å². The van der Waals surface area contributed by atoms with Gasteiger partial charge in [0.05, 0.1) is 0 Å². The van der Waals surface area contributed by atoms with Gasteiger partial charge < -0.3 is 0 Å². The molecule has 29 heavy (non-hydrogen) atoms. The molecule has 3 heteroatoms. The Labute approximate surface area is 187 Å². The van der Waals surface area contributed by atoms with Crippen LogP contribution in [0, 0.1) is 0 Å². The van der Waals surface area contributed by atoms with Crippen molar-refractivity contribution in [3.05, 3.63) is 132 Å². The predicted molar refractivity (Wildman–Crippen MR) is 130 cm³/mol. The maximum atomic E-state index is 2.29. The quantitative estimate of drug-likeness (QED) is 0.187. The Morgan fingerprint density at radius 1 is 0.483 bits per heavy atom. The van der Waals surface area contributed by atoms with E-state index in [9.17, 15) is 0 Å². The molecule has 0 saturated carbocycles. The fourth-order valence-corrected chi connectivity index (χ4v) is 25.9. The van der Waals surface area contributed by atoms with Gasteiger partial charge in [0.2, 0.25) is 0 Å². The normalized spacial score (nSPS) is 11.1. The zero-order chi connectivity index (χ0) is 19.7. The van der Waals surface area contributed by atoms with Gasteiger partial charge in [0.25, 0.3) is 0 Å². The van der Waals surface area contributed by atoms with Crippen molar-refractivity contribution in [1.82, 2.24) is 0 Å². The van der Waals surface area contributed by atoms with Crippen LogP contribution in [0.15, 0.2) is 131 Å². The fourth-order valence-electron chi connectivity index (χ4n) is 3.21. The second-order valence-corrected chi connectivity index (χ2v) is 26.0. The molecular formula is C26H23BiS2. The minimum atomic E-state index is -2.03. The second kappa shape index (κ2) is 11.0. The molecule has 4 rings (SSSR count). The number of hydrogen-bond donors (Lipinski definition) is 0. The van der Waals surface area contributed by atoms with Gasteiger partial charge in [-0.3, -0.25) is 0 Å². The summed E-state index contributed by atoms with van der Waals surface area (Å²) < 4.78 is 1.27. The van der Waals surface area contributed by atoms with E-state index in [4.69, 9.17) is 0 Å². The summed E-state index contributed by atoms with van der Waals surface area (Å²) >= 11 is -2.03. The molecule has 0 amide bonds. The van der Waals surface area contributed by atoms with Crippen LogP contribution >= 0.6 is 17.0 Å². The average Bonchev–Trinajstić information content (AvgIpc) is 2.80. The van der Waals surface area contributed by atoms with Gasteiger partial charge in [-0.1, -0.05) is 0 Å². The molecule has 0 aliphatic carbocycles. The van der Waals surface area contributed by atoms with Crippen LogP contribution in [0.5, 0.6) is 0 Å². The van der Waals surface area contributed by atoms with Crippen LogP contribution in [-0.2, 0) is 0 Å². The second-order valence-electron chi connectivity index (χ2n) is 6.70. The summed E-state index contributed by atoms with van der Waals surface area (Å²) in [6, 6.07) is 44.0. The molecule has 144 valence electrons. The first-order chi connectivity index (χ1) is 14.4. The van der Waals surface area contributed by atoms with Crippen molar-refractivity contribution in [2.24, 2.45) is 0 Å². The van der Waals surface area contributed by atoms with E-state index >= 15 is 0 Å². The van der Waals surface area contributed by atoms with Crippen molar-refractivity contribution >= 4 is 35.9 Å². The van der Waals surface area contributed by atoms with Gasteiger partial charge in [-0.2, -0.15) is 0 Å². The van der Waals surface area contributed by atoms with Crippen LogP contribution in [0.3, 0.4) is 0 Å². The molecule has 0 aliphatic rings. The molecule has 0 aromatic heterocycles. The standard InChI is InChI=1S/C14H13.2C6H6S.Bi/c1-12(13-8-4-2-5-9-13)14-10-6-3-7-11-14;2*7-6-4-2-1-3-5-6;/h2-12H,1H2;2*1-5,7H;/q;;;+2/p-2. The molecule has 0 heterocycles. The molecule has 0 nitrogen and oxygen atoms in total. The molecule has 0 unspecified atom stereocenters. The monoisotopic (exact) mass is 608 g/mol. The third kappa shape index (κ3) is 6.22. The third-order valence-corrected chi connectivity index (χ3v) is 24.8. The summed E-state index contributed by atoms with van der Waals surface area (Å²) in [5, 5.41) is 0. The van der Waals surface area contributed by atoms with Crippen molar-refractivity contribution in [2.75, 3.05) is 0 Å². The van der Waals surface area contributed by atoms with Crippen molar-refractivity contribution in [2.45, 2.75) is 19.8 Å². The summed E-state index contributed by atoms with van der Waals surface area (Å²) in [4.78, 5) is 2.82. The van der Waals surface area contributed by atoms with E-state index in [0.29, 0.717) is 5.92 Å². The third-order valence-electron chi connectivity index (χ3n) is 4.64. The first-order valence-electron chi connectivity index (χ1n) is 9.72. The number of hydrogen-bond acceptors (Lipinski definition) is 2. The Morgan fingerprint density at radius 3 is 1.21 bits per heavy atom. The molecule has 0 aliphatic heterocycles. The van der Waals surface area contributed by atoms with E-state index in [-0.39, 0.29) is 0 Å². The van der Waals surface area contributed by atoms with Crippen LogP contribution in [0.1, 0.15) is 17.0 Å². The van der Waals surface area contributed by atoms with Gasteiger partial charge in [0, 0.05) is 0 Å². The Hall–Kier alpha value is -1.54. The fraction of sp³-hybridized carbons (Fsp3) is 0.0769. The molecule has 0 N–H and O–H groups in total. The SMILES string of the molecule is c1ccc([S][Bi]([CH2]C(c2ccccc2)c2ccccc2)[S]c2ccccc2)cc1. The van der Waals surface area contributed by atoms with E-state index in [0.717, 1.165) is 0 Å². The van der Waals surface area contributed by atoms with Crippen LogP contribution in [0.2, 0.25) is 4.13 Å². The van der Waals surface area contributed by atoms with Gasteiger partial charge in [0.1, 0.15) is 0 Å². The maximum absolute atomic E-state index is 2.29. The van der Waals surface area contributed by atoms with E-state index in [2.05, 4.69) is 138 Å². The van der Waals surface area contributed by atoms with Crippen LogP contribution < -0.4 is 0 Å². The molecule has 0 spiro atoms. The Morgan fingerprint density at radius 2 is 0.828 bits per heavy atom. The molecule has 4 aromatic carbocycles. The summed E-state index contributed by atoms with van der Waals surface area (Å²) in [5.74, 6) is 0.461. The molecule has 0 radical (unpaired) electrons. The Kier molecular flexibility index (Phi) is 7.87. The van der Waals surface area contributed by atoms with Crippen LogP contribution in [0.25, 0.3) is 0 Å². The molecule has 0 bridgehead atoms. The van der Waals surface area contributed by atoms with Crippen LogP contribution in [0.4, 0.5) is 0 Å². The van der Waals surface area contributed by atoms with Gasteiger partial charge >= 0.3 is 188 Å². The van der Waals surface area contributed by atoms with Gasteiger partial charge in [-0.05, 0) is 0 Å². The van der Waals surface area contributed by atoms with Crippen molar-refractivity contribution in [3.8, 4) is 0 Å². The van der Waals surface area contributed by atoms with Crippen molar-refractivity contribution in [3.63, 3.8) is 0 Å². The van der Waals surface area contributed by atoms with E-state index in [1.807, 2.05) is 0 Å². The Balaban J connectivity index is 1.64. The summed E-state index contributed by atoms with van der Waals surface area (Å²) in [6.45, 7) is 0. The topological polar surface area (TPSA) is 0 Å². The first-order valence-corrected chi connectivity index (χ1v) is 22.2. The zero-order valence-electron chi connectivity index (χ0n) is 16.1. The predicted octanol–water partition coefficient (Wildman–Crippen LogP) is 7.89. The average molecular weight is 609 g/mol. The summed E-state index contributed by atoms with van der Waals surface area (Å²) in [7, 11) is 4.34. The first kappa shape index (κ1) is 20.7. The van der Waals surface area contributed by atoms with Crippen LogP contribution in [-0.4, -0.2) is 18.8 Å². The number of rotatable bonds is 8. The molecular weight excluding hydrogens is 585 g/mol. The molecule has 0 fully saturated rings. The zero-order valence-corrected chi connectivity index (χ0v) is 21.2. The Bertz CT molecular complexity index is 895. The van der Waals surface area contributed by atoms with E-state index in [1.165, 1.54) is 25.0 Å². The molecule has 0 saturated heterocycles. The number of benzene rings is 4.